The van der Waals surface area contributed by atoms with Crippen LogP contribution in [0.25, 0.3) is 0 Å². The van der Waals surface area contributed by atoms with Crippen LogP contribution in [0.1, 0.15) is 11.3 Å². The number of halogens is 2. The number of aromatic nitrogens is 2. The first kappa shape index (κ1) is 13.1. The van der Waals surface area contributed by atoms with Crippen LogP contribution in [0.15, 0.2) is 24.4 Å². The molecule has 4 nitrogen and oxygen atoms in total. The summed E-state index contributed by atoms with van der Waals surface area (Å²) < 4.78 is 15.2. The third-order valence-electron chi connectivity index (χ3n) is 2.59. The minimum atomic E-state index is -1.67. The molecule has 2 N–H and O–H groups in total. The highest BCUT2D eigenvalue weighted by Crippen LogP contribution is 2.14. The summed E-state index contributed by atoms with van der Waals surface area (Å²) in [6, 6.07) is 4.05. The van der Waals surface area contributed by atoms with E-state index in [4.69, 9.17) is 21.6 Å². The molecule has 0 fully saturated rings. The fourth-order valence-electron chi connectivity index (χ4n) is 1.60. The highest BCUT2D eigenvalue weighted by Gasteiger charge is 2.14. The van der Waals surface area contributed by atoms with Gasteiger partial charge in [-0.1, -0.05) is 23.7 Å². The Morgan fingerprint density at radius 3 is 2.67 bits per heavy atom. The third-order valence-corrected chi connectivity index (χ3v) is 2.97. The van der Waals surface area contributed by atoms with Gasteiger partial charge in [0.1, 0.15) is 5.82 Å². The van der Waals surface area contributed by atoms with Crippen molar-refractivity contribution in [1.29, 1.82) is 0 Å². The molecule has 94 valence electrons. The molecule has 0 saturated carbocycles. The van der Waals surface area contributed by atoms with Crippen molar-refractivity contribution in [3.8, 4) is 0 Å². The van der Waals surface area contributed by atoms with Crippen LogP contribution in [-0.4, -0.2) is 26.9 Å². The van der Waals surface area contributed by atoms with E-state index in [-0.39, 0.29) is 12.0 Å². The van der Waals surface area contributed by atoms with Gasteiger partial charge in [-0.3, -0.25) is 4.68 Å². The maximum Gasteiger partial charge on any atom is 0.488 e. The summed E-state index contributed by atoms with van der Waals surface area (Å²) in [5.74, 6) is -0.509. The normalized spacial score (nSPS) is 10.7. The Hall–Kier alpha value is -1.37. The molecule has 0 atom stereocenters. The minimum absolute atomic E-state index is 0.117. The zero-order chi connectivity index (χ0) is 13.3. The second-order valence-electron chi connectivity index (χ2n) is 3.98. The van der Waals surface area contributed by atoms with Gasteiger partial charge in [-0.2, -0.15) is 5.10 Å². The number of benzene rings is 1. The van der Waals surface area contributed by atoms with Crippen LogP contribution >= 0.6 is 11.6 Å². The summed E-state index contributed by atoms with van der Waals surface area (Å²) in [6.45, 7) is 2.00. The maximum atomic E-state index is 13.7. The van der Waals surface area contributed by atoms with Crippen molar-refractivity contribution in [2.75, 3.05) is 0 Å². The molecule has 1 aromatic carbocycles. The lowest BCUT2D eigenvalue weighted by atomic mass is 9.80. The molecule has 7 heteroatoms. The number of nitrogens with zero attached hydrogens (tertiary/aromatic N) is 2. The van der Waals surface area contributed by atoms with Crippen LogP contribution < -0.4 is 5.46 Å². The molecule has 18 heavy (non-hydrogen) atoms. The van der Waals surface area contributed by atoms with Crippen molar-refractivity contribution in [3.63, 3.8) is 0 Å². The highest BCUT2D eigenvalue weighted by atomic mass is 35.5. The number of rotatable bonds is 3. The lowest BCUT2D eigenvalue weighted by Gasteiger charge is -2.06. The van der Waals surface area contributed by atoms with Crippen LogP contribution in [0.2, 0.25) is 5.02 Å². The van der Waals surface area contributed by atoms with Crippen LogP contribution in [0.3, 0.4) is 0 Å². The van der Waals surface area contributed by atoms with Crippen LogP contribution in [0.4, 0.5) is 4.39 Å². The first-order chi connectivity index (χ1) is 8.47. The summed E-state index contributed by atoms with van der Waals surface area (Å²) in [6.07, 6.45) is 1.62. The SMILES string of the molecule is Cc1nn(Cc2ccc(B(O)O)cc2F)cc1Cl. The van der Waals surface area contributed by atoms with Crippen molar-refractivity contribution in [2.24, 2.45) is 0 Å². The van der Waals surface area contributed by atoms with Gasteiger partial charge in [0.05, 0.1) is 17.3 Å². The van der Waals surface area contributed by atoms with Crippen LogP contribution in [-0.2, 0) is 6.54 Å². The molecule has 2 aromatic rings. The number of hydrogen-bond donors (Lipinski definition) is 2. The Bertz CT molecular complexity index is 555. The second-order valence-corrected chi connectivity index (χ2v) is 4.39. The average molecular weight is 268 g/mol. The Kier molecular flexibility index (Phi) is 3.70. The van der Waals surface area contributed by atoms with E-state index < -0.39 is 12.9 Å². The van der Waals surface area contributed by atoms with Crippen molar-refractivity contribution in [1.82, 2.24) is 9.78 Å². The molecule has 0 aliphatic carbocycles. The fourth-order valence-corrected chi connectivity index (χ4v) is 1.75. The number of hydrogen-bond acceptors (Lipinski definition) is 3. The van der Waals surface area contributed by atoms with E-state index in [1.165, 1.54) is 16.8 Å². The molecule has 2 rings (SSSR count). The lowest BCUT2D eigenvalue weighted by Crippen LogP contribution is -2.30. The van der Waals surface area contributed by atoms with Gasteiger partial charge < -0.3 is 10.0 Å². The molecular weight excluding hydrogens is 257 g/mol. The Morgan fingerprint density at radius 2 is 2.17 bits per heavy atom. The van der Waals surface area contributed by atoms with Gasteiger partial charge >= 0.3 is 7.12 Å². The molecule has 0 radical (unpaired) electrons. The molecule has 1 aromatic heterocycles. The molecule has 0 unspecified atom stereocenters. The van der Waals surface area contributed by atoms with Gasteiger partial charge in [0.25, 0.3) is 0 Å². The minimum Gasteiger partial charge on any atom is -0.423 e. The topological polar surface area (TPSA) is 58.3 Å². The smallest absolute Gasteiger partial charge is 0.423 e. The maximum absolute atomic E-state index is 13.7. The first-order valence-corrected chi connectivity index (χ1v) is 5.69. The number of aryl methyl sites for hydroxylation is 1. The van der Waals surface area contributed by atoms with E-state index in [1.54, 1.807) is 13.1 Å². The average Bonchev–Trinajstić information content (AvgIpc) is 2.61. The fraction of sp³-hybridized carbons (Fsp3) is 0.182. The molecule has 0 bridgehead atoms. The van der Waals surface area contributed by atoms with E-state index in [0.717, 1.165) is 6.07 Å². The summed E-state index contributed by atoms with van der Waals surface area (Å²) in [5, 5.41) is 22.5. The molecule has 0 spiro atoms. The quantitative estimate of drug-likeness (QED) is 0.806. The molecule has 0 saturated heterocycles. The molecule has 0 amide bonds. The van der Waals surface area contributed by atoms with Gasteiger partial charge in [-0.25, -0.2) is 4.39 Å². The first-order valence-electron chi connectivity index (χ1n) is 5.31. The lowest BCUT2D eigenvalue weighted by molar-refractivity contribution is 0.425. The zero-order valence-corrected chi connectivity index (χ0v) is 10.4. The van der Waals surface area contributed by atoms with Gasteiger partial charge in [-0.15, -0.1) is 0 Å². The zero-order valence-electron chi connectivity index (χ0n) is 9.64. The summed E-state index contributed by atoms with van der Waals surface area (Å²) in [7, 11) is -1.67. The van der Waals surface area contributed by atoms with E-state index in [9.17, 15) is 4.39 Å². The van der Waals surface area contributed by atoms with E-state index in [2.05, 4.69) is 5.10 Å². The van der Waals surface area contributed by atoms with Crippen molar-refractivity contribution in [3.05, 3.63) is 46.5 Å². The van der Waals surface area contributed by atoms with Crippen LogP contribution in [0.5, 0.6) is 0 Å². The van der Waals surface area contributed by atoms with Gasteiger partial charge in [0, 0.05) is 11.8 Å². The highest BCUT2D eigenvalue weighted by molar-refractivity contribution is 6.58. The predicted molar refractivity (Wildman–Crippen MR) is 67.3 cm³/mol. The van der Waals surface area contributed by atoms with Crippen molar-refractivity contribution >= 4 is 24.2 Å². The van der Waals surface area contributed by atoms with E-state index >= 15 is 0 Å². The van der Waals surface area contributed by atoms with E-state index in [0.29, 0.717) is 16.3 Å². The molecular formula is C11H11BClFN2O2. The van der Waals surface area contributed by atoms with Gasteiger partial charge in [0.15, 0.2) is 0 Å². The van der Waals surface area contributed by atoms with Crippen molar-refractivity contribution in [2.45, 2.75) is 13.5 Å². The van der Waals surface area contributed by atoms with Gasteiger partial charge in [-0.05, 0) is 18.5 Å². The van der Waals surface area contributed by atoms with Crippen molar-refractivity contribution < 1.29 is 14.4 Å². The Labute approximate surface area is 109 Å². The Balaban J connectivity index is 2.24. The monoisotopic (exact) mass is 268 g/mol. The Morgan fingerprint density at radius 1 is 1.44 bits per heavy atom. The van der Waals surface area contributed by atoms with E-state index in [1.807, 2.05) is 0 Å². The molecule has 0 aliphatic heterocycles. The summed E-state index contributed by atoms with van der Waals surface area (Å²) in [4.78, 5) is 0. The van der Waals surface area contributed by atoms with Crippen LogP contribution in [0, 0.1) is 12.7 Å². The summed E-state index contributed by atoms with van der Waals surface area (Å²) >= 11 is 5.86. The summed E-state index contributed by atoms with van der Waals surface area (Å²) in [5.41, 5.74) is 1.20. The molecule has 0 aliphatic rings. The second kappa shape index (κ2) is 5.10. The third kappa shape index (κ3) is 2.72. The van der Waals surface area contributed by atoms with Gasteiger partial charge in [0.2, 0.25) is 0 Å². The molecule has 1 heterocycles. The standard InChI is InChI=1S/C11H11BClFN2O2/c1-7-10(13)6-16(15-7)5-8-2-3-9(12(17)18)4-11(8)14/h2-4,6,17-18H,5H2,1H3. The predicted octanol–water partition coefficient (Wildman–Crippen LogP) is 0.712. The largest absolute Gasteiger partial charge is 0.488 e.